The summed E-state index contributed by atoms with van der Waals surface area (Å²) in [7, 11) is 2.10. The summed E-state index contributed by atoms with van der Waals surface area (Å²) in [4.78, 5) is 9.42. The van der Waals surface area contributed by atoms with E-state index in [1.807, 2.05) is 12.3 Å². The van der Waals surface area contributed by atoms with Gasteiger partial charge < -0.3 is 10.2 Å². The second-order valence-corrected chi connectivity index (χ2v) is 5.71. The molecule has 3 rings (SSSR count). The van der Waals surface area contributed by atoms with Crippen molar-refractivity contribution in [3.05, 3.63) is 24.4 Å². The molecule has 1 N–H and O–H groups in total. The lowest BCUT2D eigenvalue weighted by Gasteiger charge is -2.37. The Balaban J connectivity index is 1.49. The molecule has 1 aromatic rings. The molecule has 0 aromatic carbocycles. The van der Waals surface area contributed by atoms with E-state index in [4.69, 9.17) is 0 Å². The number of pyridine rings is 1. The summed E-state index contributed by atoms with van der Waals surface area (Å²) in [5.41, 5.74) is 0. The van der Waals surface area contributed by atoms with E-state index in [0.717, 1.165) is 37.9 Å². The third-order valence-corrected chi connectivity index (χ3v) is 4.36. The first kappa shape index (κ1) is 12.9. The van der Waals surface area contributed by atoms with Crippen LogP contribution < -0.4 is 10.2 Å². The van der Waals surface area contributed by atoms with Crippen molar-refractivity contribution < 1.29 is 0 Å². The van der Waals surface area contributed by atoms with Crippen LogP contribution in [0, 0.1) is 5.92 Å². The number of piperazine rings is 1. The van der Waals surface area contributed by atoms with Gasteiger partial charge in [0.15, 0.2) is 0 Å². The quantitative estimate of drug-likeness (QED) is 0.862. The van der Waals surface area contributed by atoms with Gasteiger partial charge in [0.25, 0.3) is 0 Å². The molecule has 19 heavy (non-hydrogen) atoms. The lowest BCUT2D eigenvalue weighted by Crippen LogP contribution is -2.51. The van der Waals surface area contributed by atoms with Crippen LogP contribution in [0.1, 0.15) is 12.8 Å². The van der Waals surface area contributed by atoms with Crippen LogP contribution in [0.4, 0.5) is 5.82 Å². The first-order valence-electron chi connectivity index (χ1n) is 7.42. The Morgan fingerprint density at radius 3 is 2.63 bits per heavy atom. The Bertz CT molecular complexity index is 382. The maximum absolute atomic E-state index is 4.44. The summed E-state index contributed by atoms with van der Waals surface area (Å²) in [6.45, 7) is 5.70. The molecule has 0 radical (unpaired) electrons. The lowest BCUT2D eigenvalue weighted by molar-refractivity contribution is 0.223. The zero-order valence-electron chi connectivity index (χ0n) is 11.8. The van der Waals surface area contributed by atoms with Gasteiger partial charge in [-0.25, -0.2) is 4.98 Å². The maximum Gasteiger partial charge on any atom is 0.128 e. The predicted molar refractivity (Wildman–Crippen MR) is 78.5 cm³/mol. The molecular formula is C15H24N4. The van der Waals surface area contributed by atoms with Gasteiger partial charge in [-0.3, -0.25) is 4.90 Å². The fourth-order valence-electron chi connectivity index (χ4n) is 2.95. The van der Waals surface area contributed by atoms with Crippen LogP contribution in [0.25, 0.3) is 0 Å². The molecule has 1 aromatic heterocycles. The summed E-state index contributed by atoms with van der Waals surface area (Å²) in [6, 6.07) is 6.85. The summed E-state index contributed by atoms with van der Waals surface area (Å²) in [6.07, 6.45) is 4.71. The second kappa shape index (κ2) is 5.88. The monoisotopic (exact) mass is 260 g/mol. The third kappa shape index (κ3) is 3.25. The minimum Gasteiger partial charge on any atom is -0.354 e. The molecule has 2 heterocycles. The number of likely N-dealkylation sites (N-methyl/N-ethyl adjacent to an activating group) is 1. The Morgan fingerprint density at radius 2 is 2.05 bits per heavy atom. The Labute approximate surface area is 115 Å². The van der Waals surface area contributed by atoms with Crippen molar-refractivity contribution in [3.63, 3.8) is 0 Å². The first-order valence-corrected chi connectivity index (χ1v) is 7.42. The van der Waals surface area contributed by atoms with E-state index < -0.39 is 0 Å². The zero-order valence-corrected chi connectivity index (χ0v) is 11.8. The number of hydrogen-bond acceptors (Lipinski definition) is 4. The topological polar surface area (TPSA) is 31.4 Å². The van der Waals surface area contributed by atoms with Crippen LogP contribution in [-0.4, -0.2) is 55.7 Å². The van der Waals surface area contributed by atoms with E-state index >= 15 is 0 Å². The largest absolute Gasteiger partial charge is 0.354 e. The number of nitrogens with zero attached hydrogens (tertiary/aromatic N) is 3. The van der Waals surface area contributed by atoms with Gasteiger partial charge in [-0.15, -0.1) is 0 Å². The molecule has 1 saturated carbocycles. The molecule has 1 saturated heterocycles. The molecule has 2 aliphatic rings. The highest BCUT2D eigenvalue weighted by Gasteiger charge is 2.31. The molecule has 104 valence electrons. The third-order valence-electron chi connectivity index (χ3n) is 4.36. The fourth-order valence-corrected chi connectivity index (χ4v) is 2.95. The van der Waals surface area contributed by atoms with Gasteiger partial charge in [0.05, 0.1) is 0 Å². The van der Waals surface area contributed by atoms with Crippen LogP contribution in [0.3, 0.4) is 0 Å². The molecule has 2 fully saturated rings. The molecule has 4 heteroatoms. The van der Waals surface area contributed by atoms with E-state index in [2.05, 4.69) is 39.3 Å². The standard InChI is InChI=1S/C15H24N4/c1-16-14(13-5-6-13)12-18-8-10-19(11-9-18)15-4-2-3-7-17-15/h2-4,7,13-14,16H,5-6,8-12H2,1H3. The highest BCUT2D eigenvalue weighted by atomic mass is 15.3. The van der Waals surface area contributed by atoms with Crippen LogP contribution in [-0.2, 0) is 0 Å². The zero-order chi connectivity index (χ0) is 13.1. The van der Waals surface area contributed by atoms with Crippen molar-refractivity contribution in [2.24, 2.45) is 5.92 Å². The van der Waals surface area contributed by atoms with Gasteiger partial charge in [0.1, 0.15) is 5.82 Å². The van der Waals surface area contributed by atoms with Gasteiger partial charge in [-0.2, -0.15) is 0 Å². The average molecular weight is 260 g/mol. The fraction of sp³-hybridized carbons (Fsp3) is 0.667. The summed E-state index contributed by atoms with van der Waals surface area (Å²) >= 11 is 0. The van der Waals surface area contributed by atoms with Gasteiger partial charge in [0.2, 0.25) is 0 Å². The number of nitrogens with one attached hydrogen (secondary N) is 1. The minimum atomic E-state index is 0.696. The highest BCUT2D eigenvalue weighted by molar-refractivity contribution is 5.38. The number of anilines is 1. The van der Waals surface area contributed by atoms with E-state index in [-0.39, 0.29) is 0 Å². The number of hydrogen-bond donors (Lipinski definition) is 1. The van der Waals surface area contributed by atoms with E-state index in [9.17, 15) is 0 Å². The Morgan fingerprint density at radius 1 is 1.26 bits per heavy atom. The molecule has 0 spiro atoms. The summed E-state index contributed by atoms with van der Waals surface area (Å²) in [5.74, 6) is 2.05. The molecule has 1 aliphatic carbocycles. The number of aromatic nitrogens is 1. The van der Waals surface area contributed by atoms with Gasteiger partial charge in [0, 0.05) is 45.0 Å². The van der Waals surface area contributed by atoms with Gasteiger partial charge in [-0.05, 0) is 37.9 Å². The molecule has 1 unspecified atom stereocenters. The van der Waals surface area contributed by atoms with Crippen molar-refractivity contribution in [2.75, 3.05) is 44.7 Å². The summed E-state index contributed by atoms with van der Waals surface area (Å²) in [5, 5.41) is 3.49. The van der Waals surface area contributed by atoms with Crippen LogP contribution >= 0.6 is 0 Å². The molecule has 4 nitrogen and oxygen atoms in total. The Kier molecular flexibility index (Phi) is 3.99. The van der Waals surface area contributed by atoms with Crippen LogP contribution in [0.15, 0.2) is 24.4 Å². The van der Waals surface area contributed by atoms with Crippen molar-refractivity contribution >= 4 is 5.82 Å². The van der Waals surface area contributed by atoms with E-state index in [1.165, 1.54) is 19.4 Å². The first-order chi connectivity index (χ1) is 9.36. The smallest absolute Gasteiger partial charge is 0.128 e. The maximum atomic E-state index is 4.44. The average Bonchev–Trinajstić information content (AvgIpc) is 3.31. The molecular weight excluding hydrogens is 236 g/mol. The van der Waals surface area contributed by atoms with Crippen molar-refractivity contribution in [1.82, 2.24) is 15.2 Å². The SMILES string of the molecule is CNC(CN1CCN(c2ccccn2)CC1)C1CC1. The lowest BCUT2D eigenvalue weighted by atomic mass is 10.1. The van der Waals surface area contributed by atoms with Crippen LogP contribution in [0.2, 0.25) is 0 Å². The van der Waals surface area contributed by atoms with Gasteiger partial charge in [-0.1, -0.05) is 6.07 Å². The minimum absolute atomic E-state index is 0.696. The molecule has 0 bridgehead atoms. The second-order valence-electron chi connectivity index (χ2n) is 5.71. The molecule has 1 aliphatic heterocycles. The Hall–Kier alpha value is -1.13. The van der Waals surface area contributed by atoms with E-state index in [1.54, 1.807) is 0 Å². The van der Waals surface area contributed by atoms with E-state index in [0.29, 0.717) is 6.04 Å². The van der Waals surface area contributed by atoms with Crippen molar-refractivity contribution in [3.8, 4) is 0 Å². The van der Waals surface area contributed by atoms with Gasteiger partial charge >= 0.3 is 0 Å². The normalized spacial score (nSPS) is 22.5. The molecule has 0 amide bonds. The molecule has 1 atom stereocenters. The number of rotatable bonds is 5. The summed E-state index contributed by atoms with van der Waals surface area (Å²) < 4.78 is 0. The highest BCUT2D eigenvalue weighted by Crippen LogP contribution is 2.32. The predicted octanol–water partition coefficient (Wildman–Crippen LogP) is 1.20. The van der Waals surface area contributed by atoms with Crippen molar-refractivity contribution in [1.29, 1.82) is 0 Å². The van der Waals surface area contributed by atoms with Crippen molar-refractivity contribution in [2.45, 2.75) is 18.9 Å². The van der Waals surface area contributed by atoms with Crippen LogP contribution in [0.5, 0.6) is 0 Å².